The summed E-state index contributed by atoms with van der Waals surface area (Å²) in [4.78, 5) is 22.9. The molecular formula is C31H27N5O. The molecule has 1 saturated carbocycles. The number of carbonyl (C=O) groups excluding carboxylic acids is 1. The third-order valence-corrected chi connectivity index (χ3v) is 7.88. The zero-order chi connectivity index (χ0) is 24.9. The van der Waals surface area contributed by atoms with Crippen molar-refractivity contribution in [3.8, 4) is 28.6 Å². The van der Waals surface area contributed by atoms with Gasteiger partial charge < -0.3 is 14.5 Å². The summed E-state index contributed by atoms with van der Waals surface area (Å²) in [6, 6.07) is 25.2. The van der Waals surface area contributed by atoms with E-state index < -0.39 is 0 Å². The molecule has 1 aliphatic heterocycles. The molecule has 182 valence electrons. The van der Waals surface area contributed by atoms with Crippen LogP contribution in [0.4, 0.5) is 0 Å². The predicted octanol–water partition coefficient (Wildman–Crippen LogP) is 5.98. The largest absolute Gasteiger partial charge is 0.361 e. The van der Waals surface area contributed by atoms with E-state index >= 15 is 0 Å². The number of hydrogen-bond donors (Lipinski definition) is 1. The molecule has 37 heavy (non-hydrogen) atoms. The Labute approximate surface area is 215 Å². The van der Waals surface area contributed by atoms with Crippen molar-refractivity contribution in [3.05, 3.63) is 78.5 Å². The summed E-state index contributed by atoms with van der Waals surface area (Å²) >= 11 is 0. The van der Waals surface area contributed by atoms with Gasteiger partial charge in [0.15, 0.2) is 0 Å². The smallest absolute Gasteiger partial charge is 0.225 e. The average molecular weight is 486 g/mol. The summed E-state index contributed by atoms with van der Waals surface area (Å²) in [5.41, 5.74) is 6.80. The van der Waals surface area contributed by atoms with E-state index in [2.05, 4.69) is 64.2 Å². The van der Waals surface area contributed by atoms with E-state index in [-0.39, 0.29) is 5.92 Å². The summed E-state index contributed by atoms with van der Waals surface area (Å²) in [7, 11) is 0. The number of nitrogens with zero attached hydrogens (tertiary/aromatic N) is 4. The first kappa shape index (κ1) is 21.9. The quantitative estimate of drug-likeness (QED) is 0.333. The van der Waals surface area contributed by atoms with Crippen LogP contribution < -0.4 is 0 Å². The predicted molar refractivity (Wildman–Crippen MR) is 145 cm³/mol. The van der Waals surface area contributed by atoms with Gasteiger partial charge in [0, 0.05) is 42.8 Å². The highest BCUT2D eigenvalue weighted by Crippen LogP contribution is 2.35. The van der Waals surface area contributed by atoms with Gasteiger partial charge in [0.25, 0.3) is 0 Å². The molecule has 1 unspecified atom stereocenters. The van der Waals surface area contributed by atoms with E-state index in [1.807, 2.05) is 29.3 Å². The highest BCUT2D eigenvalue weighted by atomic mass is 16.2. The number of aromatic nitrogens is 3. The minimum atomic E-state index is 0.254. The van der Waals surface area contributed by atoms with Gasteiger partial charge in [-0.15, -0.1) is 0 Å². The van der Waals surface area contributed by atoms with Gasteiger partial charge in [0.05, 0.1) is 16.6 Å². The molecule has 0 bridgehead atoms. The second kappa shape index (κ2) is 8.63. The molecule has 3 aromatic carbocycles. The number of likely N-dealkylation sites (tertiary alicyclic amines) is 1. The van der Waals surface area contributed by atoms with Crippen molar-refractivity contribution >= 4 is 27.8 Å². The number of carbonyl (C=O) groups is 1. The fraction of sp³-hybridized carbons (Fsp3) is 0.258. The van der Waals surface area contributed by atoms with Gasteiger partial charge in [0.2, 0.25) is 5.91 Å². The Hall–Kier alpha value is -4.37. The molecule has 2 fully saturated rings. The zero-order valence-electron chi connectivity index (χ0n) is 20.5. The Morgan fingerprint density at radius 3 is 2.62 bits per heavy atom. The topological polar surface area (TPSA) is 77.7 Å². The van der Waals surface area contributed by atoms with E-state index in [4.69, 9.17) is 4.98 Å². The molecule has 1 N–H and O–H groups in total. The van der Waals surface area contributed by atoms with Crippen LogP contribution in [0.2, 0.25) is 0 Å². The first-order valence-corrected chi connectivity index (χ1v) is 13.0. The first-order valence-electron chi connectivity index (χ1n) is 13.0. The number of benzene rings is 3. The van der Waals surface area contributed by atoms with Gasteiger partial charge in [-0.1, -0.05) is 42.5 Å². The molecule has 0 spiro atoms. The van der Waals surface area contributed by atoms with Crippen LogP contribution in [0, 0.1) is 23.2 Å². The summed E-state index contributed by atoms with van der Waals surface area (Å²) in [6.07, 6.45) is 5.02. The molecule has 0 radical (unpaired) electrons. The molecule has 2 aliphatic rings. The van der Waals surface area contributed by atoms with Gasteiger partial charge in [-0.3, -0.25) is 4.79 Å². The molecule has 1 atom stereocenters. The molecular weight excluding hydrogens is 458 g/mol. The Kier molecular flexibility index (Phi) is 5.10. The van der Waals surface area contributed by atoms with Crippen LogP contribution in [0.1, 0.15) is 24.8 Å². The summed E-state index contributed by atoms with van der Waals surface area (Å²) < 4.78 is 2.21. The summed E-state index contributed by atoms with van der Waals surface area (Å²) in [6.45, 7) is 2.35. The molecule has 1 amide bonds. The molecule has 5 aromatic rings. The maximum absolute atomic E-state index is 12.6. The maximum atomic E-state index is 12.6. The number of amides is 1. The highest BCUT2D eigenvalue weighted by molar-refractivity contribution is 5.87. The minimum Gasteiger partial charge on any atom is -0.361 e. The van der Waals surface area contributed by atoms with Crippen molar-refractivity contribution in [2.24, 2.45) is 11.8 Å². The molecule has 6 heteroatoms. The third kappa shape index (κ3) is 3.88. The number of H-pyrrole nitrogens is 1. The lowest BCUT2D eigenvalue weighted by molar-refractivity contribution is -0.131. The van der Waals surface area contributed by atoms with Crippen LogP contribution in [-0.4, -0.2) is 38.4 Å². The number of imidazole rings is 1. The molecule has 3 heterocycles. The van der Waals surface area contributed by atoms with Crippen LogP contribution in [0.5, 0.6) is 0 Å². The van der Waals surface area contributed by atoms with E-state index in [0.29, 0.717) is 17.4 Å². The van der Waals surface area contributed by atoms with E-state index in [1.165, 1.54) is 5.39 Å². The zero-order valence-corrected chi connectivity index (χ0v) is 20.5. The number of hydrogen-bond acceptors (Lipinski definition) is 3. The second-order valence-corrected chi connectivity index (χ2v) is 10.4. The Morgan fingerprint density at radius 2 is 1.81 bits per heavy atom. The number of aromatic amines is 1. The average Bonchev–Trinajstić information content (AvgIpc) is 3.32. The van der Waals surface area contributed by atoms with Gasteiger partial charge >= 0.3 is 0 Å². The fourth-order valence-corrected chi connectivity index (χ4v) is 5.74. The molecule has 2 aromatic heterocycles. The lowest BCUT2D eigenvalue weighted by Crippen LogP contribution is -2.30. The molecule has 7 rings (SSSR count). The molecule has 1 saturated heterocycles. The van der Waals surface area contributed by atoms with Crippen molar-refractivity contribution in [2.75, 3.05) is 13.1 Å². The summed E-state index contributed by atoms with van der Waals surface area (Å²) in [5.74, 6) is 1.79. The van der Waals surface area contributed by atoms with Crippen molar-refractivity contribution in [2.45, 2.75) is 25.8 Å². The van der Waals surface area contributed by atoms with Crippen LogP contribution in [0.3, 0.4) is 0 Å². The number of nitriles is 1. The Balaban J connectivity index is 1.24. The van der Waals surface area contributed by atoms with Crippen LogP contribution >= 0.6 is 0 Å². The van der Waals surface area contributed by atoms with Crippen molar-refractivity contribution < 1.29 is 4.79 Å². The monoisotopic (exact) mass is 485 g/mol. The van der Waals surface area contributed by atoms with Gasteiger partial charge in [-0.05, 0) is 66.0 Å². The maximum Gasteiger partial charge on any atom is 0.225 e. The third-order valence-electron chi connectivity index (χ3n) is 7.88. The van der Waals surface area contributed by atoms with Gasteiger partial charge in [0.1, 0.15) is 11.9 Å². The SMILES string of the molecule is N#Cc1cccc2nc(-c3ccc(-c4ccc5cc[nH]c5c4)cc3)n(CC3CCN(C(=O)C4CC4)C3)c12. The van der Waals surface area contributed by atoms with E-state index in [1.54, 1.807) is 0 Å². The lowest BCUT2D eigenvalue weighted by atomic mass is 10.0. The number of rotatable bonds is 5. The van der Waals surface area contributed by atoms with Crippen molar-refractivity contribution in [1.29, 1.82) is 5.26 Å². The molecule has 6 nitrogen and oxygen atoms in total. The number of fused-ring (bicyclic) bond motifs is 2. The highest BCUT2D eigenvalue weighted by Gasteiger charge is 2.37. The van der Waals surface area contributed by atoms with Crippen LogP contribution in [0.25, 0.3) is 44.5 Å². The standard InChI is InChI=1S/C31H27N5O/c32-17-26-2-1-3-27-29(26)36(19-20-13-15-35(18-20)31(37)24-9-10-24)30(34-27)23-7-4-21(5-8-23)25-11-6-22-12-14-33-28(22)16-25/h1-8,11-12,14,16,20,24,33H,9-10,13,15,18-19H2. The Bertz CT molecular complexity index is 1680. The van der Waals surface area contributed by atoms with Crippen molar-refractivity contribution in [1.82, 2.24) is 19.4 Å². The lowest BCUT2D eigenvalue weighted by Gasteiger charge is -2.18. The fourth-order valence-electron chi connectivity index (χ4n) is 5.74. The van der Waals surface area contributed by atoms with Crippen LogP contribution in [-0.2, 0) is 11.3 Å². The van der Waals surface area contributed by atoms with E-state index in [0.717, 1.165) is 78.0 Å². The Morgan fingerprint density at radius 1 is 1.00 bits per heavy atom. The summed E-state index contributed by atoms with van der Waals surface area (Å²) in [5, 5.41) is 11.1. The number of nitrogens with one attached hydrogen (secondary N) is 1. The molecule has 1 aliphatic carbocycles. The van der Waals surface area contributed by atoms with E-state index in [9.17, 15) is 10.1 Å². The van der Waals surface area contributed by atoms with Gasteiger partial charge in [-0.2, -0.15) is 5.26 Å². The second-order valence-electron chi connectivity index (χ2n) is 10.4. The van der Waals surface area contributed by atoms with Crippen molar-refractivity contribution in [3.63, 3.8) is 0 Å². The minimum absolute atomic E-state index is 0.254. The van der Waals surface area contributed by atoms with Gasteiger partial charge in [-0.25, -0.2) is 4.98 Å². The number of para-hydroxylation sites is 1. The first-order chi connectivity index (χ1) is 18.2. The van der Waals surface area contributed by atoms with Crippen LogP contribution in [0.15, 0.2) is 72.9 Å². The normalized spacial score (nSPS) is 17.5.